The number of benzene rings is 3. The van der Waals surface area contributed by atoms with Gasteiger partial charge < -0.3 is 50.2 Å². The SMILES string of the molecule is COc1cccc2c1C(=O)c1c(O)c3c(c(O)c1C2=O)C[C@@](O)(C(O)CO)C[C@@H]3O[C@H]1C[C@H](NCc2ccccc2)[C@H](O)[C@H](C)O1.Cl. The predicted molar refractivity (Wildman–Crippen MR) is 169 cm³/mol. The first-order chi connectivity index (χ1) is 22.0. The number of aliphatic hydroxyl groups excluding tert-OH is 3. The fraction of sp³-hybridized carbons (Fsp3) is 0.412. The molecule has 6 rings (SSSR count). The number of ketones is 2. The molecule has 1 aliphatic heterocycles. The van der Waals surface area contributed by atoms with Crippen molar-refractivity contribution in [2.24, 2.45) is 0 Å². The molecule has 252 valence electrons. The van der Waals surface area contributed by atoms with Crippen LogP contribution in [0.4, 0.5) is 0 Å². The minimum absolute atomic E-state index is 0. The average Bonchev–Trinajstić information content (AvgIpc) is 3.05. The molecule has 3 aromatic carbocycles. The molecule has 1 fully saturated rings. The maximum atomic E-state index is 13.9. The molecule has 0 radical (unpaired) electrons. The molecule has 0 aromatic heterocycles. The van der Waals surface area contributed by atoms with Crippen LogP contribution < -0.4 is 10.1 Å². The number of phenols is 2. The fourth-order valence-electron chi connectivity index (χ4n) is 6.86. The Balaban J connectivity index is 0.00000433. The van der Waals surface area contributed by atoms with Gasteiger partial charge in [0.15, 0.2) is 12.1 Å². The molecule has 13 heteroatoms. The summed E-state index contributed by atoms with van der Waals surface area (Å²) in [5.74, 6) is -2.64. The Morgan fingerprint density at radius 3 is 2.40 bits per heavy atom. The molecule has 0 bridgehead atoms. The molecule has 7 atom stereocenters. The third-order valence-corrected chi connectivity index (χ3v) is 9.33. The summed E-state index contributed by atoms with van der Waals surface area (Å²) >= 11 is 0. The summed E-state index contributed by atoms with van der Waals surface area (Å²) in [4.78, 5) is 27.5. The maximum Gasteiger partial charge on any atom is 0.202 e. The third-order valence-electron chi connectivity index (χ3n) is 9.33. The quantitative estimate of drug-likeness (QED) is 0.135. The molecular formula is C34H38ClNO11. The first-order valence-corrected chi connectivity index (χ1v) is 15.1. The zero-order chi connectivity index (χ0) is 32.9. The van der Waals surface area contributed by atoms with Crippen molar-refractivity contribution in [1.82, 2.24) is 5.32 Å². The van der Waals surface area contributed by atoms with Crippen LogP contribution in [0.2, 0.25) is 0 Å². The third kappa shape index (κ3) is 6.00. The van der Waals surface area contributed by atoms with Gasteiger partial charge in [-0.25, -0.2) is 0 Å². The van der Waals surface area contributed by atoms with Crippen LogP contribution in [-0.4, -0.2) is 92.2 Å². The lowest BCUT2D eigenvalue weighted by molar-refractivity contribution is -0.254. The highest BCUT2D eigenvalue weighted by atomic mass is 35.5. The van der Waals surface area contributed by atoms with Crippen molar-refractivity contribution in [2.75, 3.05) is 13.7 Å². The number of halogens is 1. The van der Waals surface area contributed by atoms with Crippen molar-refractivity contribution in [1.29, 1.82) is 0 Å². The Hall–Kier alpha value is -3.59. The number of carbonyl (C=O) groups excluding carboxylic acids is 2. The summed E-state index contributed by atoms with van der Waals surface area (Å²) in [5.41, 5.74) is -2.20. The van der Waals surface area contributed by atoms with Gasteiger partial charge in [-0.3, -0.25) is 9.59 Å². The van der Waals surface area contributed by atoms with Crippen molar-refractivity contribution in [2.45, 2.75) is 75.1 Å². The van der Waals surface area contributed by atoms with E-state index in [9.17, 15) is 40.2 Å². The zero-order valence-electron chi connectivity index (χ0n) is 25.8. The summed E-state index contributed by atoms with van der Waals surface area (Å²) in [6, 6.07) is 13.6. The molecule has 7 N–H and O–H groups in total. The van der Waals surface area contributed by atoms with Crippen molar-refractivity contribution in [3.8, 4) is 17.2 Å². The average molecular weight is 672 g/mol. The van der Waals surface area contributed by atoms with Gasteiger partial charge in [-0.1, -0.05) is 42.5 Å². The second kappa shape index (κ2) is 13.5. The lowest BCUT2D eigenvalue weighted by Gasteiger charge is -2.44. The van der Waals surface area contributed by atoms with E-state index in [4.69, 9.17) is 14.2 Å². The minimum Gasteiger partial charge on any atom is -0.507 e. The number of hydrogen-bond acceptors (Lipinski definition) is 12. The van der Waals surface area contributed by atoms with E-state index in [0.29, 0.717) is 6.54 Å². The molecule has 3 aromatic rings. The van der Waals surface area contributed by atoms with Gasteiger partial charge in [0.2, 0.25) is 5.78 Å². The minimum atomic E-state index is -2.06. The fourth-order valence-corrected chi connectivity index (χ4v) is 6.86. The first-order valence-electron chi connectivity index (χ1n) is 15.1. The van der Waals surface area contributed by atoms with Crippen molar-refractivity contribution in [3.63, 3.8) is 0 Å². The summed E-state index contributed by atoms with van der Waals surface area (Å²) in [6.45, 7) is 1.31. The molecule has 3 aliphatic rings. The first kappa shape index (κ1) is 34.7. The van der Waals surface area contributed by atoms with E-state index < -0.39 is 89.6 Å². The Labute approximate surface area is 276 Å². The van der Waals surface area contributed by atoms with Crippen molar-refractivity contribution >= 4 is 24.0 Å². The number of fused-ring (bicyclic) bond motifs is 3. The Morgan fingerprint density at radius 2 is 1.72 bits per heavy atom. The van der Waals surface area contributed by atoms with Gasteiger partial charge in [0.1, 0.15) is 23.4 Å². The number of ether oxygens (including phenoxy) is 3. The van der Waals surface area contributed by atoms with Gasteiger partial charge in [0.05, 0.1) is 54.3 Å². The topological polar surface area (TPSA) is 195 Å². The maximum absolute atomic E-state index is 13.9. The van der Waals surface area contributed by atoms with Crippen LogP contribution in [0.5, 0.6) is 17.2 Å². The van der Waals surface area contributed by atoms with E-state index in [0.717, 1.165) is 5.56 Å². The highest BCUT2D eigenvalue weighted by molar-refractivity contribution is 6.31. The molecule has 1 unspecified atom stereocenters. The normalized spacial score (nSPS) is 27.2. The predicted octanol–water partition coefficient (Wildman–Crippen LogP) is 2.05. The molecule has 1 heterocycles. The second-order valence-electron chi connectivity index (χ2n) is 12.2. The number of carbonyl (C=O) groups is 2. The molecule has 47 heavy (non-hydrogen) atoms. The highest BCUT2D eigenvalue weighted by Gasteiger charge is 2.50. The van der Waals surface area contributed by atoms with Crippen LogP contribution in [-0.2, 0) is 22.4 Å². The molecule has 0 spiro atoms. The van der Waals surface area contributed by atoms with Gasteiger partial charge in [-0.2, -0.15) is 0 Å². The van der Waals surface area contributed by atoms with Gasteiger partial charge in [0, 0.05) is 48.5 Å². The van der Waals surface area contributed by atoms with Gasteiger partial charge >= 0.3 is 0 Å². The number of aliphatic hydroxyl groups is 4. The van der Waals surface area contributed by atoms with Crippen molar-refractivity contribution < 1.29 is 54.4 Å². The van der Waals surface area contributed by atoms with Gasteiger partial charge in [0.25, 0.3) is 0 Å². The standard InChI is InChI=1S/C34H37NO11.ClH/c1-16-29(38)20(35-14-17-7-4-3-5-8-17)11-24(45-16)46-22-13-34(43,23(37)15-36)12-19-26(22)33(42)28-27(31(19)40)30(39)18-9-6-10-21(44-2)25(18)32(28)41;/h3-10,16,20,22-24,29,35-38,40,42-43H,11-15H2,1-2H3;1H/t16-,20-,22-,23?,24-,29+,34-;/m0./s1. The van der Waals surface area contributed by atoms with Gasteiger partial charge in [-0.05, 0) is 18.6 Å². The molecular weight excluding hydrogens is 634 g/mol. The smallest absolute Gasteiger partial charge is 0.202 e. The van der Waals surface area contributed by atoms with E-state index in [-0.39, 0.29) is 53.3 Å². The van der Waals surface area contributed by atoms with E-state index in [1.165, 1.54) is 25.3 Å². The lowest BCUT2D eigenvalue weighted by Crippen LogP contribution is -2.54. The van der Waals surface area contributed by atoms with Crippen LogP contribution in [0, 0.1) is 0 Å². The molecule has 12 nitrogen and oxygen atoms in total. The van der Waals surface area contributed by atoms with E-state index in [1.807, 2.05) is 30.3 Å². The summed E-state index contributed by atoms with van der Waals surface area (Å²) in [6.07, 6.45) is -6.24. The van der Waals surface area contributed by atoms with Crippen LogP contribution in [0.1, 0.15) is 74.4 Å². The number of phenolic OH excluding ortho intramolecular Hbond substituents is 2. The Kier molecular flexibility index (Phi) is 9.97. The van der Waals surface area contributed by atoms with Crippen LogP contribution >= 0.6 is 12.4 Å². The Bertz CT molecular complexity index is 1670. The van der Waals surface area contributed by atoms with Crippen LogP contribution in [0.15, 0.2) is 48.5 Å². The lowest BCUT2D eigenvalue weighted by atomic mass is 9.71. The van der Waals surface area contributed by atoms with Crippen LogP contribution in [0.25, 0.3) is 0 Å². The summed E-state index contributed by atoms with van der Waals surface area (Å²) in [7, 11) is 1.34. The monoisotopic (exact) mass is 671 g/mol. The van der Waals surface area contributed by atoms with Gasteiger partial charge in [-0.15, -0.1) is 12.4 Å². The molecule has 1 saturated heterocycles. The van der Waals surface area contributed by atoms with Crippen LogP contribution in [0.3, 0.4) is 0 Å². The summed E-state index contributed by atoms with van der Waals surface area (Å²) < 4.78 is 17.6. The number of rotatable bonds is 8. The van der Waals surface area contributed by atoms with Crippen molar-refractivity contribution in [3.05, 3.63) is 87.5 Å². The highest BCUT2D eigenvalue weighted by Crippen LogP contribution is 2.53. The van der Waals surface area contributed by atoms with E-state index in [2.05, 4.69) is 5.32 Å². The Morgan fingerprint density at radius 1 is 1.02 bits per heavy atom. The largest absolute Gasteiger partial charge is 0.507 e. The van der Waals surface area contributed by atoms with E-state index in [1.54, 1.807) is 6.92 Å². The number of nitrogens with one attached hydrogen (secondary N) is 1. The molecule has 0 amide bonds. The van der Waals surface area contributed by atoms with E-state index >= 15 is 0 Å². The number of methoxy groups -OCH3 is 1. The summed E-state index contributed by atoms with van der Waals surface area (Å²) in [5, 5.41) is 69.5. The molecule has 2 aliphatic carbocycles. The number of aromatic hydroxyl groups is 2. The zero-order valence-corrected chi connectivity index (χ0v) is 26.6. The molecule has 0 saturated carbocycles. The number of hydrogen-bond donors (Lipinski definition) is 7. The second-order valence-corrected chi connectivity index (χ2v) is 12.2.